The third-order valence-corrected chi connectivity index (χ3v) is 9.63. The molecule has 0 radical (unpaired) electrons. The second-order valence-electron chi connectivity index (χ2n) is 10.8. The van der Waals surface area contributed by atoms with E-state index in [1.54, 1.807) is 40.4 Å². The van der Waals surface area contributed by atoms with E-state index in [9.17, 15) is 17.6 Å². The Kier molecular flexibility index (Phi) is 7.02. The summed E-state index contributed by atoms with van der Waals surface area (Å²) in [6.45, 7) is 0. The number of sulfonamides is 1. The number of thiazole rings is 1. The van der Waals surface area contributed by atoms with Gasteiger partial charge in [0, 0.05) is 10.9 Å². The van der Waals surface area contributed by atoms with Crippen molar-refractivity contribution in [3.05, 3.63) is 87.1 Å². The van der Waals surface area contributed by atoms with Gasteiger partial charge >= 0.3 is 0 Å². The molecule has 1 aliphatic carbocycles. The second-order valence-corrected chi connectivity index (χ2v) is 13.9. The van der Waals surface area contributed by atoms with E-state index in [0.29, 0.717) is 49.6 Å². The van der Waals surface area contributed by atoms with Crippen LogP contribution in [0.4, 0.5) is 15.9 Å². The van der Waals surface area contributed by atoms with Crippen molar-refractivity contribution in [2.45, 2.75) is 18.9 Å². The maximum Gasteiger partial charge on any atom is 0.265 e. The van der Waals surface area contributed by atoms with Crippen molar-refractivity contribution in [3.63, 3.8) is 0 Å². The first-order valence-corrected chi connectivity index (χ1v) is 16.9. The van der Waals surface area contributed by atoms with Crippen molar-refractivity contribution >= 4 is 60.3 Å². The molecule has 0 aliphatic heterocycles. The monoisotopic (exact) mass is 665 g/mol. The van der Waals surface area contributed by atoms with Crippen molar-refractivity contribution in [2.24, 2.45) is 5.92 Å². The summed E-state index contributed by atoms with van der Waals surface area (Å²) in [6, 6.07) is 12.3. The van der Waals surface area contributed by atoms with Gasteiger partial charge in [0.25, 0.3) is 5.56 Å². The number of halogens is 2. The Bertz CT molecular complexity index is 2320. The Morgan fingerprint density at radius 3 is 2.67 bits per heavy atom. The second kappa shape index (κ2) is 10.8. The number of aromatic nitrogens is 5. The topological polar surface area (TPSA) is 146 Å². The van der Waals surface area contributed by atoms with Gasteiger partial charge in [-0.3, -0.25) is 13.9 Å². The number of fused-ring (bicyclic) bond motifs is 2. The molecule has 0 saturated heterocycles. The van der Waals surface area contributed by atoms with Gasteiger partial charge in [0.05, 0.1) is 36.0 Å². The SMILES string of the molecule is COc1ccc(-c2nn(C(c3cc4scc(Cl)n4c(=O)c3-c3cccc(F)c3)C3CC3)c3ncnc(N)c23)cc1NS(C)(=O)=O. The van der Waals surface area contributed by atoms with Gasteiger partial charge in [-0.2, -0.15) is 5.10 Å². The quantitative estimate of drug-likeness (QED) is 0.214. The summed E-state index contributed by atoms with van der Waals surface area (Å²) >= 11 is 7.76. The number of nitrogens with two attached hydrogens (primary N) is 1. The third-order valence-electron chi connectivity index (χ3n) is 7.75. The van der Waals surface area contributed by atoms with E-state index in [1.807, 2.05) is 6.07 Å². The minimum Gasteiger partial charge on any atom is -0.495 e. The standard InChI is InChI=1S/C30H25ClFN7O4S2/c1-43-21-9-8-17(11-20(21)37-45(2,41)42)26-25-28(33)34-14-35-29(25)39(36-26)27(15-6-7-15)19-12-23-38(22(31)13-44-23)30(40)24(19)16-4-3-5-18(32)10-16/h3-5,8-15,27,37H,6-7H2,1-2H3,(H2,33,34,35). The first-order chi connectivity index (χ1) is 21.5. The molecule has 1 atom stereocenters. The molecule has 7 rings (SSSR count). The Labute approximate surface area is 265 Å². The van der Waals surface area contributed by atoms with E-state index >= 15 is 0 Å². The highest BCUT2D eigenvalue weighted by molar-refractivity contribution is 7.92. The predicted octanol–water partition coefficient (Wildman–Crippen LogP) is 5.59. The molecule has 1 saturated carbocycles. The molecular weight excluding hydrogens is 641 g/mol. The Hall–Kier alpha value is -4.53. The van der Waals surface area contributed by atoms with E-state index in [4.69, 9.17) is 27.2 Å². The first-order valence-electron chi connectivity index (χ1n) is 13.8. The fourth-order valence-electron chi connectivity index (χ4n) is 5.75. The number of ether oxygens (including phenoxy) is 1. The van der Waals surface area contributed by atoms with Crippen LogP contribution in [-0.2, 0) is 10.0 Å². The molecule has 0 bridgehead atoms. The Morgan fingerprint density at radius 1 is 1.16 bits per heavy atom. The average molecular weight is 666 g/mol. The van der Waals surface area contributed by atoms with Crippen LogP contribution in [0.15, 0.2) is 65.0 Å². The normalized spacial score (nSPS) is 14.2. The number of rotatable bonds is 8. The van der Waals surface area contributed by atoms with Gasteiger partial charge in [0.2, 0.25) is 10.0 Å². The van der Waals surface area contributed by atoms with Crippen molar-refractivity contribution in [1.82, 2.24) is 24.1 Å². The maximum atomic E-state index is 14.5. The molecular formula is C30H25ClFN7O4S2. The van der Waals surface area contributed by atoms with Gasteiger partial charge in [0.15, 0.2) is 5.65 Å². The highest BCUT2D eigenvalue weighted by Crippen LogP contribution is 2.48. The molecule has 11 nitrogen and oxygen atoms in total. The molecule has 230 valence electrons. The zero-order chi connectivity index (χ0) is 31.6. The summed E-state index contributed by atoms with van der Waals surface area (Å²) < 4.78 is 49.8. The summed E-state index contributed by atoms with van der Waals surface area (Å²) in [4.78, 5) is 23.5. The molecule has 45 heavy (non-hydrogen) atoms. The summed E-state index contributed by atoms with van der Waals surface area (Å²) in [7, 11) is -2.19. The van der Waals surface area contributed by atoms with Crippen LogP contribution in [0.5, 0.6) is 5.75 Å². The lowest BCUT2D eigenvalue weighted by atomic mass is 9.93. The third kappa shape index (κ3) is 5.18. The first kappa shape index (κ1) is 29.2. The van der Waals surface area contributed by atoms with Crippen LogP contribution in [-0.4, -0.2) is 45.9 Å². The smallest absolute Gasteiger partial charge is 0.265 e. The molecule has 4 aromatic heterocycles. The summed E-state index contributed by atoms with van der Waals surface area (Å²) in [5.41, 5.74) is 9.01. The van der Waals surface area contributed by atoms with Crippen LogP contribution in [0.25, 0.3) is 38.2 Å². The number of nitrogen functional groups attached to an aromatic ring is 1. The van der Waals surface area contributed by atoms with Gasteiger partial charge < -0.3 is 10.5 Å². The van der Waals surface area contributed by atoms with Crippen molar-refractivity contribution in [3.8, 4) is 28.1 Å². The van der Waals surface area contributed by atoms with Crippen LogP contribution in [0.2, 0.25) is 5.15 Å². The Balaban J connectivity index is 1.51. The molecule has 4 heterocycles. The van der Waals surface area contributed by atoms with E-state index in [0.717, 1.165) is 19.1 Å². The maximum absolute atomic E-state index is 14.5. The molecule has 15 heteroatoms. The number of nitrogens with one attached hydrogen (secondary N) is 1. The zero-order valence-corrected chi connectivity index (χ0v) is 26.3. The highest BCUT2D eigenvalue weighted by atomic mass is 35.5. The van der Waals surface area contributed by atoms with Gasteiger partial charge in [0.1, 0.15) is 39.4 Å². The van der Waals surface area contributed by atoms with E-state index < -0.39 is 21.9 Å². The van der Waals surface area contributed by atoms with Crippen LogP contribution in [0, 0.1) is 11.7 Å². The molecule has 1 unspecified atom stereocenters. The molecule has 6 aromatic rings. The summed E-state index contributed by atoms with van der Waals surface area (Å²) in [6.07, 6.45) is 4.12. The lowest BCUT2D eigenvalue weighted by Crippen LogP contribution is -2.23. The number of anilines is 2. The van der Waals surface area contributed by atoms with Crippen LogP contribution < -0.4 is 20.8 Å². The van der Waals surface area contributed by atoms with E-state index in [1.165, 1.54) is 41.3 Å². The van der Waals surface area contributed by atoms with E-state index in [-0.39, 0.29) is 28.1 Å². The van der Waals surface area contributed by atoms with E-state index in [2.05, 4.69) is 14.7 Å². The largest absolute Gasteiger partial charge is 0.495 e. The predicted molar refractivity (Wildman–Crippen MR) is 173 cm³/mol. The number of hydrogen-bond acceptors (Lipinski definition) is 9. The van der Waals surface area contributed by atoms with Gasteiger partial charge in [-0.05, 0) is 66.3 Å². The van der Waals surface area contributed by atoms with Crippen molar-refractivity contribution in [2.75, 3.05) is 23.8 Å². The minimum absolute atomic E-state index is 0.0834. The lowest BCUT2D eigenvalue weighted by molar-refractivity contribution is 0.417. The molecule has 0 amide bonds. The molecule has 3 N–H and O–H groups in total. The number of pyridine rings is 1. The number of benzene rings is 2. The summed E-state index contributed by atoms with van der Waals surface area (Å²) in [5, 5.41) is 7.44. The highest BCUT2D eigenvalue weighted by Gasteiger charge is 2.39. The van der Waals surface area contributed by atoms with Crippen molar-refractivity contribution in [1.29, 1.82) is 0 Å². The summed E-state index contributed by atoms with van der Waals surface area (Å²) in [5.74, 6) is 0.0963. The number of methoxy groups -OCH3 is 1. The van der Waals surface area contributed by atoms with Crippen LogP contribution >= 0.6 is 22.9 Å². The average Bonchev–Trinajstić information content (AvgIpc) is 3.64. The fraction of sp³-hybridized carbons (Fsp3) is 0.200. The number of hydrogen-bond donors (Lipinski definition) is 2. The molecule has 1 fully saturated rings. The Morgan fingerprint density at radius 2 is 1.96 bits per heavy atom. The van der Waals surface area contributed by atoms with Crippen molar-refractivity contribution < 1.29 is 17.5 Å². The molecule has 0 spiro atoms. The molecule has 2 aromatic carbocycles. The lowest BCUT2D eigenvalue weighted by Gasteiger charge is -2.22. The van der Waals surface area contributed by atoms with Gasteiger partial charge in [-0.15, -0.1) is 11.3 Å². The fourth-order valence-corrected chi connectivity index (χ4v) is 7.46. The van der Waals surface area contributed by atoms with Gasteiger partial charge in [-0.25, -0.2) is 27.5 Å². The zero-order valence-electron chi connectivity index (χ0n) is 23.9. The minimum atomic E-state index is -3.63. The number of nitrogens with zero attached hydrogens (tertiary/aromatic N) is 5. The van der Waals surface area contributed by atoms with Gasteiger partial charge in [-0.1, -0.05) is 23.7 Å². The molecule has 1 aliphatic rings. The van der Waals surface area contributed by atoms with Crippen LogP contribution in [0.1, 0.15) is 24.4 Å². The van der Waals surface area contributed by atoms with Crippen LogP contribution in [0.3, 0.4) is 0 Å².